The standard InChI is InChI=1S/C23H25N5O3/c1-16-7-9-18(10-8-16)13-24-20(29)15-28-23(31)27-12-11-26(22(30)21(27)25-28)14-19-6-4-3-5-17(19)2/h3-10H,11-15H2,1-2H3,(H,24,29). The summed E-state index contributed by atoms with van der Waals surface area (Å²) >= 11 is 0. The van der Waals surface area contributed by atoms with Gasteiger partial charge in [-0.2, -0.15) is 0 Å². The summed E-state index contributed by atoms with van der Waals surface area (Å²) in [5.41, 5.74) is 3.84. The molecule has 0 saturated heterocycles. The van der Waals surface area contributed by atoms with Crippen LogP contribution in [0.3, 0.4) is 0 Å². The van der Waals surface area contributed by atoms with Crippen LogP contribution in [0.4, 0.5) is 0 Å². The first kappa shape index (κ1) is 20.6. The summed E-state index contributed by atoms with van der Waals surface area (Å²) in [6, 6.07) is 15.7. The van der Waals surface area contributed by atoms with E-state index in [2.05, 4.69) is 10.4 Å². The minimum absolute atomic E-state index is 0.0798. The Bertz CT molecular complexity index is 1180. The maximum absolute atomic E-state index is 12.9. The highest BCUT2D eigenvalue weighted by Crippen LogP contribution is 2.15. The van der Waals surface area contributed by atoms with Crippen molar-refractivity contribution in [2.45, 2.75) is 40.0 Å². The molecule has 0 radical (unpaired) electrons. The zero-order chi connectivity index (χ0) is 22.0. The van der Waals surface area contributed by atoms with Gasteiger partial charge in [0.15, 0.2) is 0 Å². The molecule has 160 valence electrons. The summed E-state index contributed by atoms with van der Waals surface area (Å²) in [6.07, 6.45) is 0. The Morgan fingerprint density at radius 3 is 2.52 bits per heavy atom. The topological polar surface area (TPSA) is 89.2 Å². The summed E-state index contributed by atoms with van der Waals surface area (Å²) in [7, 11) is 0. The van der Waals surface area contributed by atoms with Crippen molar-refractivity contribution in [3.63, 3.8) is 0 Å². The molecule has 0 saturated carbocycles. The van der Waals surface area contributed by atoms with Crippen LogP contribution in [-0.4, -0.2) is 37.6 Å². The molecule has 0 bridgehead atoms. The highest BCUT2D eigenvalue weighted by atomic mass is 16.2. The van der Waals surface area contributed by atoms with Crippen LogP contribution in [-0.2, 0) is 31.0 Å². The number of hydrogen-bond acceptors (Lipinski definition) is 4. The van der Waals surface area contributed by atoms with E-state index >= 15 is 0 Å². The second-order valence-corrected chi connectivity index (χ2v) is 7.83. The Kier molecular flexibility index (Phi) is 5.70. The van der Waals surface area contributed by atoms with Crippen LogP contribution < -0.4 is 11.0 Å². The number of benzene rings is 2. The third-order valence-corrected chi connectivity index (χ3v) is 5.52. The molecule has 0 atom stereocenters. The average Bonchev–Trinajstić information content (AvgIpc) is 3.07. The van der Waals surface area contributed by atoms with Crippen LogP contribution in [0, 0.1) is 13.8 Å². The van der Waals surface area contributed by atoms with Gasteiger partial charge in [-0.1, -0.05) is 54.1 Å². The van der Waals surface area contributed by atoms with Gasteiger partial charge in [0.1, 0.15) is 6.54 Å². The van der Waals surface area contributed by atoms with Gasteiger partial charge < -0.3 is 10.2 Å². The summed E-state index contributed by atoms with van der Waals surface area (Å²) in [5, 5.41) is 6.96. The normalized spacial score (nSPS) is 13.2. The largest absolute Gasteiger partial charge is 0.350 e. The minimum atomic E-state index is -0.440. The average molecular weight is 419 g/mol. The molecule has 2 amide bonds. The van der Waals surface area contributed by atoms with Crippen molar-refractivity contribution in [2.75, 3.05) is 6.54 Å². The number of hydrogen-bond donors (Lipinski definition) is 1. The smallest absolute Gasteiger partial charge is 0.346 e. The number of aromatic nitrogens is 3. The summed E-state index contributed by atoms with van der Waals surface area (Å²) in [5.74, 6) is -0.552. The fourth-order valence-corrected chi connectivity index (χ4v) is 3.61. The Hall–Kier alpha value is -3.68. The van der Waals surface area contributed by atoms with Crippen LogP contribution in [0.5, 0.6) is 0 Å². The van der Waals surface area contributed by atoms with Gasteiger partial charge in [-0.3, -0.25) is 14.2 Å². The number of carbonyl (C=O) groups is 2. The van der Waals surface area contributed by atoms with E-state index in [1.807, 2.05) is 62.4 Å². The number of amides is 2. The number of fused-ring (bicyclic) bond motifs is 1. The summed E-state index contributed by atoms with van der Waals surface area (Å²) in [6.45, 7) is 5.38. The molecular weight excluding hydrogens is 394 g/mol. The molecule has 0 fully saturated rings. The molecule has 0 aliphatic carbocycles. The van der Waals surface area contributed by atoms with E-state index in [-0.39, 0.29) is 24.2 Å². The Labute approximate surface area is 180 Å². The number of carbonyl (C=O) groups excluding carboxylic acids is 2. The molecule has 1 aliphatic rings. The van der Waals surface area contributed by atoms with Crippen LogP contribution in [0.1, 0.15) is 32.9 Å². The van der Waals surface area contributed by atoms with E-state index in [0.29, 0.717) is 26.2 Å². The molecular formula is C23H25N5O3. The lowest BCUT2D eigenvalue weighted by Gasteiger charge is -2.27. The number of nitrogens with one attached hydrogen (secondary N) is 1. The molecule has 1 aromatic heterocycles. The first-order valence-electron chi connectivity index (χ1n) is 10.3. The third-order valence-electron chi connectivity index (χ3n) is 5.52. The van der Waals surface area contributed by atoms with Crippen molar-refractivity contribution < 1.29 is 9.59 Å². The zero-order valence-electron chi connectivity index (χ0n) is 17.7. The second kappa shape index (κ2) is 8.59. The van der Waals surface area contributed by atoms with Crippen molar-refractivity contribution in [3.8, 4) is 0 Å². The molecule has 0 spiro atoms. The molecule has 0 unspecified atom stereocenters. The van der Waals surface area contributed by atoms with Crippen molar-refractivity contribution >= 4 is 11.8 Å². The van der Waals surface area contributed by atoms with E-state index in [1.165, 1.54) is 4.57 Å². The van der Waals surface area contributed by atoms with E-state index < -0.39 is 5.69 Å². The summed E-state index contributed by atoms with van der Waals surface area (Å²) in [4.78, 5) is 39.6. The van der Waals surface area contributed by atoms with Crippen LogP contribution in [0.2, 0.25) is 0 Å². The van der Waals surface area contributed by atoms with E-state index in [9.17, 15) is 14.4 Å². The Morgan fingerprint density at radius 2 is 1.77 bits per heavy atom. The predicted octanol–water partition coefficient (Wildman–Crippen LogP) is 1.63. The quantitative estimate of drug-likeness (QED) is 0.658. The van der Waals surface area contributed by atoms with Gasteiger partial charge in [0.05, 0.1) is 0 Å². The maximum Gasteiger partial charge on any atom is 0.346 e. The first-order chi connectivity index (χ1) is 14.9. The van der Waals surface area contributed by atoms with Gasteiger partial charge in [0, 0.05) is 26.2 Å². The fraction of sp³-hybridized carbons (Fsp3) is 0.304. The lowest BCUT2D eigenvalue weighted by molar-refractivity contribution is -0.122. The second-order valence-electron chi connectivity index (χ2n) is 7.83. The third kappa shape index (κ3) is 4.42. The minimum Gasteiger partial charge on any atom is -0.350 e. The maximum atomic E-state index is 12.9. The SMILES string of the molecule is Cc1ccc(CNC(=O)Cn2nc3n(c2=O)CCN(Cc2ccccc2C)C3=O)cc1. The summed E-state index contributed by atoms with van der Waals surface area (Å²) < 4.78 is 2.42. The van der Waals surface area contributed by atoms with Gasteiger partial charge in [0.25, 0.3) is 5.91 Å². The molecule has 1 N–H and O–H groups in total. The van der Waals surface area contributed by atoms with Crippen molar-refractivity contribution in [3.05, 3.63) is 87.1 Å². The zero-order valence-corrected chi connectivity index (χ0v) is 17.7. The molecule has 3 aromatic rings. The van der Waals surface area contributed by atoms with Gasteiger partial charge >= 0.3 is 5.69 Å². The lowest BCUT2D eigenvalue weighted by atomic mass is 10.1. The van der Waals surface area contributed by atoms with E-state index in [1.54, 1.807) is 4.90 Å². The van der Waals surface area contributed by atoms with Crippen molar-refractivity contribution in [2.24, 2.45) is 0 Å². The molecule has 8 nitrogen and oxygen atoms in total. The van der Waals surface area contributed by atoms with Crippen molar-refractivity contribution in [1.82, 2.24) is 24.6 Å². The highest BCUT2D eigenvalue weighted by molar-refractivity contribution is 5.91. The van der Waals surface area contributed by atoms with Crippen LogP contribution in [0.15, 0.2) is 53.3 Å². The first-order valence-corrected chi connectivity index (χ1v) is 10.3. The van der Waals surface area contributed by atoms with Gasteiger partial charge in [-0.05, 0) is 30.5 Å². The Balaban J connectivity index is 1.43. The van der Waals surface area contributed by atoms with Gasteiger partial charge in [-0.25, -0.2) is 9.48 Å². The van der Waals surface area contributed by atoms with Crippen LogP contribution >= 0.6 is 0 Å². The molecule has 2 aromatic carbocycles. The molecule has 8 heteroatoms. The fourth-order valence-electron chi connectivity index (χ4n) is 3.61. The van der Waals surface area contributed by atoms with Gasteiger partial charge in [0.2, 0.25) is 11.7 Å². The van der Waals surface area contributed by atoms with E-state index in [4.69, 9.17) is 0 Å². The van der Waals surface area contributed by atoms with Crippen LogP contribution in [0.25, 0.3) is 0 Å². The monoisotopic (exact) mass is 419 g/mol. The predicted molar refractivity (Wildman–Crippen MR) is 115 cm³/mol. The number of nitrogens with zero attached hydrogens (tertiary/aromatic N) is 4. The molecule has 2 heterocycles. The molecule has 4 rings (SSSR count). The van der Waals surface area contributed by atoms with E-state index in [0.717, 1.165) is 26.9 Å². The van der Waals surface area contributed by atoms with Gasteiger partial charge in [-0.15, -0.1) is 5.10 Å². The molecule has 1 aliphatic heterocycles. The highest BCUT2D eigenvalue weighted by Gasteiger charge is 2.30. The van der Waals surface area contributed by atoms with Crippen molar-refractivity contribution in [1.29, 1.82) is 0 Å². The number of aryl methyl sites for hydroxylation is 2. The molecule has 31 heavy (non-hydrogen) atoms. The lowest BCUT2D eigenvalue weighted by Crippen LogP contribution is -2.42. The Morgan fingerprint density at radius 1 is 1.03 bits per heavy atom. The number of rotatable bonds is 6.